The number of hydrogen-bond acceptors (Lipinski definition) is 2. The summed E-state index contributed by atoms with van der Waals surface area (Å²) in [6, 6.07) is 10.6. The lowest BCUT2D eigenvalue weighted by molar-refractivity contribution is -0.120. The maximum absolute atomic E-state index is 13.0. The molecule has 0 radical (unpaired) electrons. The molecule has 1 unspecified atom stereocenters. The summed E-state index contributed by atoms with van der Waals surface area (Å²) in [5.41, 5.74) is 1.05. The molecule has 2 N–H and O–H groups in total. The van der Waals surface area contributed by atoms with Gasteiger partial charge < -0.3 is 10.4 Å². The highest BCUT2D eigenvalue weighted by molar-refractivity contribution is 6.35. The smallest absolute Gasteiger partial charge is 0.224 e. The van der Waals surface area contributed by atoms with Crippen LogP contribution in [0.3, 0.4) is 0 Å². The molecule has 0 bridgehead atoms. The van der Waals surface area contributed by atoms with Crippen LogP contribution in [0.2, 0.25) is 10.0 Å². The average molecular weight is 342 g/mol. The van der Waals surface area contributed by atoms with Gasteiger partial charge >= 0.3 is 0 Å². The molecule has 6 heteroatoms. The molecule has 0 spiro atoms. The van der Waals surface area contributed by atoms with Crippen LogP contribution in [-0.4, -0.2) is 17.6 Å². The highest BCUT2D eigenvalue weighted by Gasteiger charge is 2.13. The van der Waals surface area contributed by atoms with Crippen molar-refractivity contribution in [3.05, 3.63) is 69.5 Å². The van der Waals surface area contributed by atoms with Crippen molar-refractivity contribution in [1.29, 1.82) is 0 Å². The van der Waals surface area contributed by atoms with Crippen LogP contribution in [-0.2, 0) is 11.2 Å². The van der Waals surface area contributed by atoms with Gasteiger partial charge in [-0.3, -0.25) is 4.79 Å². The highest BCUT2D eigenvalue weighted by Crippen LogP contribution is 2.25. The minimum atomic E-state index is -0.943. The first kappa shape index (κ1) is 16.7. The Morgan fingerprint density at radius 3 is 2.68 bits per heavy atom. The molecular weight excluding hydrogens is 328 g/mol. The monoisotopic (exact) mass is 341 g/mol. The molecule has 0 saturated heterocycles. The van der Waals surface area contributed by atoms with Crippen LogP contribution in [0.5, 0.6) is 0 Å². The topological polar surface area (TPSA) is 49.3 Å². The zero-order valence-corrected chi connectivity index (χ0v) is 13.0. The van der Waals surface area contributed by atoms with Crippen molar-refractivity contribution in [2.45, 2.75) is 12.5 Å². The lowest BCUT2D eigenvalue weighted by Crippen LogP contribution is -2.29. The van der Waals surface area contributed by atoms with E-state index >= 15 is 0 Å². The third-order valence-electron chi connectivity index (χ3n) is 3.07. The van der Waals surface area contributed by atoms with E-state index in [4.69, 9.17) is 23.2 Å². The molecule has 3 nitrogen and oxygen atoms in total. The van der Waals surface area contributed by atoms with Crippen LogP contribution in [0.1, 0.15) is 17.2 Å². The standard InChI is InChI=1S/C16H14Cl2FNO2/c17-11-4-5-13(14(18)8-11)15(21)9-20-16(22)7-10-2-1-3-12(19)6-10/h1-6,8,15,21H,7,9H2,(H,20,22). The normalized spacial score (nSPS) is 12.0. The average Bonchev–Trinajstić information content (AvgIpc) is 2.45. The lowest BCUT2D eigenvalue weighted by Gasteiger charge is -2.14. The molecule has 0 aliphatic heterocycles. The Balaban J connectivity index is 1.90. The molecule has 22 heavy (non-hydrogen) atoms. The van der Waals surface area contributed by atoms with Gasteiger partial charge in [0.25, 0.3) is 0 Å². The Labute approximate surface area is 137 Å². The van der Waals surface area contributed by atoms with Gasteiger partial charge in [-0.2, -0.15) is 0 Å². The Hall–Kier alpha value is -1.62. The number of aliphatic hydroxyl groups excluding tert-OH is 1. The summed E-state index contributed by atoms with van der Waals surface area (Å²) in [5, 5.41) is 13.4. The van der Waals surface area contributed by atoms with Crippen molar-refractivity contribution in [1.82, 2.24) is 5.32 Å². The number of amides is 1. The van der Waals surface area contributed by atoms with Crippen LogP contribution in [0, 0.1) is 5.82 Å². The summed E-state index contributed by atoms with van der Waals surface area (Å²) in [5.74, 6) is -0.701. The Morgan fingerprint density at radius 1 is 1.23 bits per heavy atom. The van der Waals surface area contributed by atoms with Crippen molar-refractivity contribution in [3.63, 3.8) is 0 Å². The van der Waals surface area contributed by atoms with Crippen molar-refractivity contribution < 1.29 is 14.3 Å². The first-order valence-electron chi connectivity index (χ1n) is 6.60. The van der Waals surface area contributed by atoms with Gasteiger partial charge in [0, 0.05) is 22.2 Å². The number of carbonyl (C=O) groups is 1. The molecule has 2 aromatic carbocycles. The fraction of sp³-hybridized carbons (Fsp3) is 0.188. The van der Waals surface area contributed by atoms with Crippen molar-refractivity contribution in [3.8, 4) is 0 Å². The van der Waals surface area contributed by atoms with Crippen LogP contribution in [0.15, 0.2) is 42.5 Å². The summed E-state index contributed by atoms with van der Waals surface area (Å²) in [4.78, 5) is 11.8. The Kier molecular flexibility index (Phi) is 5.77. The molecular formula is C16H14Cl2FNO2. The molecule has 0 heterocycles. The number of rotatable bonds is 5. The second kappa shape index (κ2) is 7.58. The zero-order valence-electron chi connectivity index (χ0n) is 11.5. The van der Waals surface area contributed by atoms with Crippen molar-refractivity contribution in [2.24, 2.45) is 0 Å². The third kappa shape index (κ3) is 4.70. The van der Waals surface area contributed by atoms with Crippen LogP contribution < -0.4 is 5.32 Å². The quantitative estimate of drug-likeness (QED) is 0.873. The Bertz CT molecular complexity index is 679. The SMILES string of the molecule is O=C(Cc1cccc(F)c1)NCC(O)c1ccc(Cl)cc1Cl. The van der Waals surface area contributed by atoms with E-state index in [-0.39, 0.29) is 18.9 Å². The van der Waals surface area contributed by atoms with E-state index in [1.807, 2.05) is 0 Å². The van der Waals surface area contributed by atoms with E-state index in [2.05, 4.69) is 5.32 Å². The lowest BCUT2D eigenvalue weighted by atomic mass is 10.1. The summed E-state index contributed by atoms with van der Waals surface area (Å²) < 4.78 is 13.0. The van der Waals surface area contributed by atoms with Crippen LogP contribution in [0.4, 0.5) is 4.39 Å². The van der Waals surface area contributed by atoms with Gasteiger partial charge in [-0.05, 0) is 29.8 Å². The summed E-state index contributed by atoms with van der Waals surface area (Å²) >= 11 is 11.8. The van der Waals surface area contributed by atoms with Crippen molar-refractivity contribution >= 4 is 29.1 Å². The molecule has 2 rings (SSSR count). The van der Waals surface area contributed by atoms with E-state index in [1.165, 1.54) is 18.2 Å². The second-order valence-electron chi connectivity index (χ2n) is 4.79. The maximum atomic E-state index is 13.0. The summed E-state index contributed by atoms with van der Waals surface area (Å²) in [6.07, 6.45) is -0.903. The van der Waals surface area contributed by atoms with Gasteiger partial charge in [-0.25, -0.2) is 4.39 Å². The minimum Gasteiger partial charge on any atom is -0.387 e. The van der Waals surface area contributed by atoms with Gasteiger partial charge in [-0.1, -0.05) is 41.4 Å². The van der Waals surface area contributed by atoms with Gasteiger partial charge in [0.05, 0.1) is 12.5 Å². The van der Waals surface area contributed by atoms with E-state index < -0.39 is 11.9 Å². The molecule has 1 atom stereocenters. The molecule has 0 aliphatic carbocycles. The first-order valence-corrected chi connectivity index (χ1v) is 7.35. The molecule has 2 aromatic rings. The third-order valence-corrected chi connectivity index (χ3v) is 3.63. The molecule has 0 aromatic heterocycles. The van der Waals surface area contributed by atoms with Crippen molar-refractivity contribution in [2.75, 3.05) is 6.54 Å². The predicted octanol–water partition coefficient (Wildman–Crippen LogP) is 3.52. The van der Waals surface area contributed by atoms with E-state index in [0.29, 0.717) is 21.2 Å². The largest absolute Gasteiger partial charge is 0.387 e. The fourth-order valence-corrected chi connectivity index (χ4v) is 2.52. The number of benzene rings is 2. The number of aliphatic hydroxyl groups is 1. The molecule has 1 amide bonds. The highest BCUT2D eigenvalue weighted by atomic mass is 35.5. The molecule has 0 fully saturated rings. The van der Waals surface area contributed by atoms with Crippen LogP contribution >= 0.6 is 23.2 Å². The molecule has 0 saturated carbocycles. The maximum Gasteiger partial charge on any atom is 0.224 e. The number of hydrogen-bond donors (Lipinski definition) is 2. The number of carbonyl (C=O) groups excluding carboxylic acids is 1. The molecule has 116 valence electrons. The summed E-state index contributed by atoms with van der Waals surface area (Å²) in [6.45, 7) is 0.00943. The molecule has 0 aliphatic rings. The first-order chi connectivity index (χ1) is 10.5. The van der Waals surface area contributed by atoms with E-state index in [0.717, 1.165) is 0 Å². The zero-order chi connectivity index (χ0) is 16.1. The Morgan fingerprint density at radius 2 is 2.00 bits per heavy atom. The van der Waals surface area contributed by atoms with E-state index in [9.17, 15) is 14.3 Å². The number of nitrogens with one attached hydrogen (secondary N) is 1. The fourth-order valence-electron chi connectivity index (χ4n) is 1.99. The number of halogens is 3. The van der Waals surface area contributed by atoms with Crippen LogP contribution in [0.25, 0.3) is 0 Å². The van der Waals surface area contributed by atoms with E-state index in [1.54, 1.807) is 24.3 Å². The van der Waals surface area contributed by atoms with Gasteiger partial charge in [0.15, 0.2) is 0 Å². The van der Waals surface area contributed by atoms with Gasteiger partial charge in [-0.15, -0.1) is 0 Å². The second-order valence-corrected chi connectivity index (χ2v) is 5.64. The van der Waals surface area contributed by atoms with Gasteiger partial charge in [0.1, 0.15) is 5.82 Å². The van der Waals surface area contributed by atoms with Gasteiger partial charge in [0.2, 0.25) is 5.91 Å². The predicted molar refractivity (Wildman–Crippen MR) is 84.5 cm³/mol. The minimum absolute atomic E-state index is 0.00943. The summed E-state index contributed by atoms with van der Waals surface area (Å²) in [7, 11) is 0.